The summed E-state index contributed by atoms with van der Waals surface area (Å²) in [5, 5.41) is 0.140. The fraction of sp³-hybridized carbons (Fsp3) is 0.267. The molecule has 0 fully saturated rings. The second-order valence-electron chi connectivity index (χ2n) is 5.31. The first-order valence-electron chi connectivity index (χ1n) is 5.80. The van der Waals surface area contributed by atoms with Crippen LogP contribution in [0.3, 0.4) is 0 Å². The summed E-state index contributed by atoms with van der Waals surface area (Å²) in [5.41, 5.74) is 2.88. The molecule has 0 amide bonds. The van der Waals surface area contributed by atoms with E-state index in [1.54, 1.807) is 18.3 Å². The van der Waals surface area contributed by atoms with Gasteiger partial charge in [-0.25, -0.2) is 4.39 Å². The lowest BCUT2D eigenvalue weighted by atomic mass is 9.90. The molecule has 2 rings (SSSR count). The van der Waals surface area contributed by atoms with Crippen molar-refractivity contribution in [2.45, 2.75) is 26.2 Å². The van der Waals surface area contributed by atoms with Crippen molar-refractivity contribution >= 4 is 11.6 Å². The topological polar surface area (TPSA) is 12.9 Å². The first kappa shape index (κ1) is 13.0. The number of halogens is 2. The molecule has 2 aromatic rings. The Morgan fingerprint density at radius 2 is 1.72 bits per heavy atom. The van der Waals surface area contributed by atoms with Gasteiger partial charge in [-0.1, -0.05) is 38.4 Å². The van der Waals surface area contributed by atoms with E-state index in [-0.39, 0.29) is 10.4 Å². The van der Waals surface area contributed by atoms with Crippen LogP contribution in [0.1, 0.15) is 26.5 Å². The highest BCUT2D eigenvalue weighted by Crippen LogP contribution is 2.28. The Hall–Kier alpha value is -1.41. The van der Waals surface area contributed by atoms with E-state index in [1.165, 1.54) is 6.07 Å². The van der Waals surface area contributed by atoms with Gasteiger partial charge in [0.25, 0.3) is 0 Å². The molecule has 0 aliphatic carbocycles. The maximum Gasteiger partial charge on any atom is 0.141 e. The molecular formula is C15H15ClFN. The van der Waals surface area contributed by atoms with Crippen molar-refractivity contribution in [3.63, 3.8) is 0 Å². The van der Waals surface area contributed by atoms with Crippen LogP contribution in [-0.4, -0.2) is 4.98 Å². The van der Waals surface area contributed by atoms with Crippen LogP contribution in [-0.2, 0) is 5.41 Å². The van der Waals surface area contributed by atoms with E-state index in [1.807, 2.05) is 12.1 Å². The van der Waals surface area contributed by atoms with Crippen molar-refractivity contribution in [3.8, 4) is 11.1 Å². The van der Waals surface area contributed by atoms with E-state index in [4.69, 9.17) is 11.6 Å². The summed E-state index contributed by atoms with van der Waals surface area (Å²) >= 11 is 5.80. The van der Waals surface area contributed by atoms with Gasteiger partial charge in [-0.3, -0.25) is 4.98 Å². The van der Waals surface area contributed by atoms with E-state index in [9.17, 15) is 4.39 Å². The molecule has 1 heterocycles. The lowest BCUT2D eigenvalue weighted by molar-refractivity contribution is 0.569. The van der Waals surface area contributed by atoms with Crippen LogP contribution in [0.2, 0.25) is 5.02 Å². The van der Waals surface area contributed by atoms with Crippen LogP contribution in [0.4, 0.5) is 4.39 Å². The summed E-state index contributed by atoms with van der Waals surface area (Å²) in [6.45, 7) is 6.32. The molecule has 94 valence electrons. The minimum Gasteiger partial charge on any atom is -0.261 e. The lowest BCUT2D eigenvalue weighted by Crippen LogP contribution is -2.13. The third-order valence-electron chi connectivity index (χ3n) is 2.78. The number of rotatable bonds is 1. The SMILES string of the molecule is CC(C)(C)c1cc(-c2ccc(F)c(Cl)c2)ccn1. The predicted octanol–water partition coefficient (Wildman–Crippen LogP) is 4.84. The van der Waals surface area contributed by atoms with Crippen molar-refractivity contribution in [2.75, 3.05) is 0 Å². The van der Waals surface area contributed by atoms with E-state index in [0.717, 1.165) is 16.8 Å². The van der Waals surface area contributed by atoms with Gasteiger partial charge in [0.2, 0.25) is 0 Å². The predicted molar refractivity (Wildman–Crippen MR) is 73.3 cm³/mol. The van der Waals surface area contributed by atoms with Crippen LogP contribution >= 0.6 is 11.6 Å². The molecule has 0 saturated carbocycles. The standard InChI is InChI=1S/C15H15ClFN/c1-15(2,3)14-9-11(6-7-18-14)10-4-5-13(17)12(16)8-10/h4-9H,1-3H3. The lowest BCUT2D eigenvalue weighted by Gasteiger charge is -2.18. The Morgan fingerprint density at radius 3 is 2.33 bits per heavy atom. The van der Waals surface area contributed by atoms with Gasteiger partial charge >= 0.3 is 0 Å². The maximum atomic E-state index is 13.1. The second-order valence-corrected chi connectivity index (χ2v) is 5.72. The molecule has 0 radical (unpaired) electrons. The van der Waals surface area contributed by atoms with Crippen molar-refractivity contribution in [2.24, 2.45) is 0 Å². The molecule has 1 aromatic carbocycles. The number of benzene rings is 1. The van der Waals surface area contributed by atoms with Gasteiger partial charge in [0, 0.05) is 17.3 Å². The molecule has 0 unspecified atom stereocenters. The van der Waals surface area contributed by atoms with Crippen LogP contribution in [0.5, 0.6) is 0 Å². The van der Waals surface area contributed by atoms with Crippen molar-refractivity contribution in [3.05, 3.63) is 53.1 Å². The van der Waals surface area contributed by atoms with Gasteiger partial charge in [-0.05, 0) is 35.4 Å². The highest BCUT2D eigenvalue weighted by molar-refractivity contribution is 6.31. The number of aromatic nitrogens is 1. The Bertz CT molecular complexity index is 573. The zero-order chi connectivity index (χ0) is 13.3. The molecule has 0 spiro atoms. The van der Waals surface area contributed by atoms with Gasteiger partial charge in [0.05, 0.1) is 5.02 Å². The third-order valence-corrected chi connectivity index (χ3v) is 3.07. The number of hydrogen-bond acceptors (Lipinski definition) is 1. The van der Waals surface area contributed by atoms with E-state index >= 15 is 0 Å². The minimum absolute atomic E-state index is 0.0141. The largest absolute Gasteiger partial charge is 0.261 e. The summed E-state index contributed by atoms with van der Waals surface area (Å²) in [6.07, 6.45) is 1.77. The molecular weight excluding hydrogens is 249 g/mol. The first-order chi connectivity index (χ1) is 8.38. The monoisotopic (exact) mass is 263 g/mol. The number of hydrogen-bond donors (Lipinski definition) is 0. The molecule has 1 aromatic heterocycles. The quantitative estimate of drug-likeness (QED) is 0.717. The fourth-order valence-electron chi connectivity index (χ4n) is 1.70. The Labute approximate surface area is 112 Å². The molecule has 18 heavy (non-hydrogen) atoms. The van der Waals surface area contributed by atoms with Crippen LogP contribution < -0.4 is 0 Å². The average Bonchev–Trinajstić information content (AvgIpc) is 2.32. The molecule has 0 N–H and O–H groups in total. The Kier molecular flexibility index (Phi) is 3.40. The summed E-state index contributed by atoms with van der Waals surface area (Å²) in [6, 6.07) is 8.67. The van der Waals surface area contributed by atoms with Crippen LogP contribution in [0, 0.1) is 5.82 Å². The van der Waals surface area contributed by atoms with Gasteiger partial charge in [0.1, 0.15) is 5.82 Å². The minimum atomic E-state index is -0.398. The van der Waals surface area contributed by atoms with Crippen LogP contribution in [0.25, 0.3) is 11.1 Å². The van der Waals surface area contributed by atoms with E-state index < -0.39 is 5.82 Å². The molecule has 1 nitrogen and oxygen atoms in total. The van der Waals surface area contributed by atoms with Gasteiger partial charge in [0.15, 0.2) is 0 Å². The summed E-state index contributed by atoms with van der Waals surface area (Å²) in [4.78, 5) is 4.37. The zero-order valence-corrected chi connectivity index (χ0v) is 11.4. The van der Waals surface area contributed by atoms with Crippen molar-refractivity contribution in [1.82, 2.24) is 4.98 Å². The summed E-state index contributed by atoms with van der Waals surface area (Å²) in [5.74, 6) is -0.398. The first-order valence-corrected chi connectivity index (χ1v) is 6.18. The molecule has 0 atom stereocenters. The number of pyridine rings is 1. The summed E-state index contributed by atoms with van der Waals surface area (Å²) in [7, 11) is 0. The normalized spacial score (nSPS) is 11.6. The van der Waals surface area contributed by atoms with Gasteiger partial charge < -0.3 is 0 Å². The molecule has 0 saturated heterocycles. The highest BCUT2D eigenvalue weighted by atomic mass is 35.5. The van der Waals surface area contributed by atoms with Crippen molar-refractivity contribution < 1.29 is 4.39 Å². The molecule has 0 aliphatic rings. The van der Waals surface area contributed by atoms with E-state index in [0.29, 0.717) is 0 Å². The van der Waals surface area contributed by atoms with E-state index in [2.05, 4.69) is 25.8 Å². The third kappa shape index (κ3) is 2.70. The smallest absolute Gasteiger partial charge is 0.141 e. The maximum absolute atomic E-state index is 13.1. The zero-order valence-electron chi connectivity index (χ0n) is 10.7. The average molecular weight is 264 g/mol. The molecule has 0 aliphatic heterocycles. The van der Waals surface area contributed by atoms with Gasteiger partial charge in [-0.2, -0.15) is 0 Å². The second kappa shape index (κ2) is 4.69. The van der Waals surface area contributed by atoms with Gasteiger partial charge in [-0.15, -0.1) is 0 Å². The van der Waals surface area contributed by atoms with Crippen LogP contribution in [0.15, 0.2) is 36.5 Å². The van der Waals surface area contributed by atoms with Crippen molar-refractivity contribution in [1.29, 1.82) is 0 Å². The molecule has 3 heteroatoms. The highest BCUT2D eigenvalue weighted by Gasteiger charge is 2.15. The fourth-order valence-corrected chi connectivity index (χ4v) is 1.88. The number of nitrogens with zero attached hydrogens (tertiary/aromatic N) is 1. The Balaban J connectivity index is 2.48. The molecule has 0 bridgehead atoms. The summed E-state index contributed by atoms with van der Waals surface area (Å²) < 4.78 is 13.1. The Morgan fingerprint density at radius 1 is 1.06 bits per heavy atom.